The molecule has 0 unspecified atom stereocenters. The van der Waals surface area contributed by atoms with Crippen LogP contribution in [-0.4, -0.2) is 53.4 Å². The molecule has 2 amide bonds. The molecule has 3 heterocycles. The van der Waals surface area contributed by atoms with E-state index in [1.807, 2.05) is 25.1 Å². The highest BCUT2D eigenvalue weighted by atomic mass is 16.5. The van der Waals surface area contributed by atoms with Crippen LogP contribution in [-0.2, 0) is 19.9 Å². The first-order valence-corrected chi connectivity index (χ1v) is 10.6. The summed E-state index contributed by atoms with van der Waals surface area (Å²) >= 11 is 0. The van der Waals surface area contributed by atoms with Crippen molar-refractivity contribution in [2.75, 3.05) is 29.5 Å². The fourth-order valence-corrected chi connectivity index (χ4v) is 5.53. The Balaban J connectivity index is 1.87. The summed E-state index contributed by atoms with van der Waals surface area (Å²) in [6, 6.07) is 5.60. The van der Waals surface area contributed by atoms with Gasteiger partial charge in [0.05, 0.1) is 17.4 Å². The van der Waals surface area contributed by atoms with Gasteiger partial charge in [0.15, 0.2) is 5.60 Å². The largest absolute Gasteiger partial charge is 0.396 e. The van der Waals surface area contributed by atoms with Crippen LogP contribution in [0, 0.1) is 11.8 Å². The summed E-state index contributed by atoms with van der Waals surface area (Å²) in [6.45, 7) is 10.1. The second-order valence-corrected chi connectivity index (χ2v) is 9.07. The number of aliphatic hydroxyl groups is 2. The fourth-order valence-electron chi connectivity index (χ4n) is 5.53. The van der Waals surface area contributed by atoms with E-state index in [1.54, 1.807) is 29.7 Å². The first kappa shape index (κ1) is 21.0. The first-order chi connectivity index (χ1) is 14.2. The Labute approximate surface area is 176 Å². The number of aliphatic hydroxyl groups excluding tert-OH is 1. The van der Waals surface area contributed by atoms with Gasteiger partial charge in [0, 0.05) is 49.2 Å². The number of carbonyl (C=O) groups excluding carboxylic acids is 2. The topological polar surface area (TPSA) is 90.3 Å². The van der Waals surface area contributed by atoms with Crippen LogP contribution in [0.1, 0.15) is 39.2 Å². The molecule has 4 rings (SSSR count). The third-order valence-corrected chi connectivity index (χ3v) is 6.85. The van der Waals surface area contributed by atoms with Gasteiger partial charge in [0.1, 0.15) is 0 Å². The lowest BCUT2D eigenvalue weighted by Gasteiger charge is -2.34. The van der Waals surface area contributed by atoms with Crippen LogP contribution in [0.4, 0.5) is 11.4 Å². The Bertz CT molecular complexity index is 892. The summed E-state index contributed by atoms with van der Waals surface area (Å²) in [7, 11) is 0. The fraction of sp³-hybridized carbons (Fsp3) is 0.565. The molecule has 7 nitrogen and oxygen atoms in total. The molecular formula is C23H30N2O5. The summed E-state index contributed by atoms with van der Waals surface area (Å²) in [6.07, 6.45) is 2.05. The van der Waals surface area contributed by atoms with Gasteiger partial charge in [0.2, 0.25) is 5.91 Å². The summed E-state index contributed by atoms with van der Waals surface area (Å²) in [5, 5.41) is 20.5. The molecule has 162 valence electrons. The zero-order valence-corrected chi connectivity index (χ0v) is 17.8. The average Bonchev–Trinajstić information content (AvgIpc) is 3.09. The maximum Gasteiger partial charge on any atom is 0.264 e. The second kappa shape index (κ2) is 7.18. The summed E-state index contributed by atoms with van der Waals surface area (Å²) in [5.74, 6) is -0.812. The van der Waals surface area contributed by atoms with Crippen LogP contribution in [0.2, 0.25) is 0 Å². The zero-order valence-electron chi connectivity index (χ0n) is 17.8. The number of benzene rings is 1. The molecule has 1 aromatic carbocycles. The second-order valence-electron chi connectivity index (χ2n) is 9.07. The number of hydrogen-bond acceptors (Lipinski definition) is 5. The Morgan fingerprint density at radius 3 is 2.63 bits per heavy atom. The normalized spacial score (nSPS) is 30.8. The maximum atomic E-state index is 13.8. The van der Waals surface area contributed by atoms with Gasteiger partial charge in [-0.1, -0.05) is 13.0 Å². The van der Waals surface area contributed by atoms with Crippen LogP contribution in [0.25, 0.3) is 0 Å². The molecule has 2 N–H and O–H groups in total. The summed E-state index contributed by atoms with van der Waals surface area (Å²) in [5.41, 5.74) is -0.164. The van der Waals surface area contributed by atoms with Crippen molar-refractivity contribution in [3.8, 4) is 0 Å². The van der Waals surface area contributed by atoms with Crippen molar-refractivity contribution in [2.24, 2.45) is 11.8 Å². The Morgan fingerprint density at radius 1 is 1.37 bits per heavy atom. The SMILES string of the molecule is C=CCN1C(=O)[C@@]2(O[C@@H](CCO)[C@H](C(C)(C)O)[C@H]2C)c2cc(N3CCC3=O)ccc21. The number of carbonyl (C=O) groups is 2. The standard InChI is InChI=1S/C23H30N2O5/c1-5-10-25-17-7-6-15(24-11-8-19(24)27)13-16(17)23(21(25)28)14(2)20(22(3,4)29)18(30-23)9-12-26/h5-7,13-14,18,20,26,29H,1,8-12H2,2-4H3/t14-,18+,20-,23+/m1/s1. The molecule has 3 aliphatic heterocycles. The van der Waals surface area contributed by atoms with Gasteiger partial charge in [-0.25, -0.2) is 0 Å². The number of amides is 2. The molecule has 0 aliphatic carbocycles. The lowest BCUT2D eigenvalue weighted by Crippen LogP contribution is -2.46. The third-order valence-electron chi connectivity index (χ3n) is 6.85. The lowest BCUT2D eigenvalue weighted by atomic mass is 9.71. The summed E-state index contributed by atoms with van der Waals surface area (Å²) in [4.78, 5) is 29.1. The molecule has 2 fully saturated rings. The molecule has 0 saturated carbocycles. The van der Waals surface area contributed by atoms with E-state index in [-0.39, 0.29) is 30.3 Å². The van der Waals surface area contributed by atoms with Gasteiger partial charge in [-0.05, 0) is 38.5 Å². The number of anilines is 2. The van der Waals surface area contributed by atoms with Gasteiger partial charge in [-0.2, -0.15) is 0 Å². The van der Waals surface area contributed by atoms with Gasteiger partial charge in [-0.15, -0.1) is 6.58 Å². The van der Waals surface area contributed by atoms with E-state index < -0.39 is 17.3 Å². The molecule has 0 aromatic heterocycles. The Hall–Kier alpha value is -2.22. The molecule has 0 bridgehead atoms. The number of nitrogens with zero attached hydrogens (tertiary/aromatic N) is 2. The third kappa shape index (κ3) is 2.83. The molecule has 1 aromatic rings. The van der Waals surface area contributed by atoms with E-state index in [4.69, 9.17) is 4.74 Å². The number of hydrogen-bond donors (Lipinski definition) is 2. The van der Waals surface area contributed by atoms with Crippen molar-refractivity contribution < 1.29 is 24.5 Å². The van der Waals surface area contributed by atoms with E-state index in [0.29, 0.717) is 31.5 Å². The minimum atomic E-state index is -1.27. The van der Waals surface area contributed by atoms with Gasteiger partial charge >= 0.3 is 0 Å². The highest BCUT2D eigenvalue weighted by Gasteiger charge is 2.65. The number of fused-ring (bicyclic) bond motifs is 2. The van der Waals surface area contributed by atoms with Crippen molar-refractivity contribution in [3.05, 3.63) is 36.4 Å². The van der Waals surface area contributed by atoms with Gasteiger partial charge in [-0.3, -0.25) is 9.59 Å². The molecule has 2 saturated heterocycles. The highest BCUT2D eigenvalue weighted by molar-refractivity contribution is 6.09. The number of rotatable bonds is 6. The maximum absolute atomic E-state index is 13.8. The minimum Gasteiger partial charge on any atom is -0.396 e. The predicted molar refractivity (Wildman–Crippen MR) is 113 cm³/mol. The van der Waals surface area contributed by atoms with E-state index in [9.17, 15) is 19.8 Å². The molecule has 0 radical (unpaired) electrons. The zero-order chi connectivity index (χ0) is 21.8. The Kier molecular flexibility index (Phi) is 5.03. The lowest BCUT2D eigenvalue weighted by molar-refractivity contribution is -0.146. The minimum absolute atomic E-state index is 0.0594. The van der Waals surface area contributed by atoms with E-state index in [0.717, 1.165) is 11.4 Å². The van der Waals surface area contributed by atoms with E-state index in [1.165, 1.54) is 0 Å². The van der Waals surface area contributed by atoms with Crippen LogP contribution < -0.4 is 9.80 Å². The smallest absolute Gasteiger partial charge is 0.264 e. The molecule has 3 aliphatic rings. The monoisotopic (exact) mass is 414 g/mol. The average molecular weight is 415 g/mol. The van der Waals surface area contributed by atoms with Crippen LogP contribution in [0.5, 0.6) is 0 Å². The van der Waals surface area contributed by atoms with Crippen molar-refractivity contribution in [3.63, 3.8) is 0 Å². The predicted octanol–water partition coefficient (Wildman–Crippen LogP) is 1.96. The van der Waals surface area contributed by atoms with Crippen LogP contribution in [0.15, 0.2) is 30.9 Å². The van der Waals surface area contributed by atoms with E-state index >= 15 is 0 Å². The van der Waals surface area contributed by atoms with E-state index in [2.05, 4.69) is 6.58 Å². The van der Waals surface area contributed by atoms with Crippen molar-refractivity contribution >= 4 is 23.2 Å². The molecule has 4 atom stereocenters. The Morgan fingerprint density at radius 2 is 2.10 bits per heavy atom. The first-order valence-electron chi connectivity index (χ1n) is 10.6. The highest BCUT2D eigenvalue weighted by Crippen LogP contribution is 2.58. The molecule has 30 heavy (non-hydrogen) atoms. The summed E-state index contributed by atoms with van der Waals surface area (Å²) < 4.78 is 6.48. The molecule has 7 heteroatoms. The number of ether oxygens (including phenoxy) is 1. The van der Waals surface area contributed by atoms with Gasteiger partial charge < -0.3 is 24.7 Å². The van der Waals surface area contributed by atoms with Crippen molar-refractivity contribution in [1.29, 1.82) is 0 Å². The van der Waals surface area contributed by atoms with Crippen LogP contribution in [0.3, 0.4) is 0 Å². The molecular weight excluding hydrogens is 384 g/mol. The van der Waals surface area contributed by atoms with Crippen molar-refractivity contribution in [2.45, 2.75) is 50.9 Å². The number of β-lactam (4-membered cyclic amide) rings is 1. The molecule has 1 spiro atoms. The van der Waals surface area contributed by atoms with Gasteiger partial charge in [0.25, 0.3) is 5.91 Å². The van der Waals surface area contributed by atoms with Crippen LogP contribution >= 0.6 is 0 Å². The quantitative estimate of drug-likeness (QED) is 0.549. The van der Waals surface area contributed by atoms with Crippen molar-refractivity contribution in [1.82, 2.24) is 0 Å².